The summed E-state index contributed by atoms with van der Waals surface area (Å²) in [5.74, 6) is 0.106. The van der Waals surface area contributed by atoms with E-state index in [0.29, 0.717) is 5.13 Å². The van der Waals surface area contributed by atoms with Crippen LogP contribution in [-0.4, -0.2) is 10.9 Å². The summed E-state index contributed by atoms with van der Waals surface area (Å²) in [4.78, 5) is 17.4. The number of benzene rings is 1. The van der Waals surface area contributed by atoms with Gasteiger partial charge in [0, 0.05) is 22.9 Å². The van der Waals surface area contributed by atoms with Crippen molar-refractivity contribution in [3.63, 3.8) is 0 Å². The van der Waals surface area contributed by atoms with Crippen LogP contribution in [0.25, 0.3) is 0 Å². The van der Waals surface area contributed by atoms with E-state index in [1.54, 1.807) is 11.3 Å². The topological polar surface area (TPSA) is 42.0 Å². The number of aryl methyl sites for hydroxylation is 1. The van der Waals surface area contributed by atoms with E-state index in [1.165, 1.54) is 16.0 Å². The standard InChI is InChI=1S/C16H18N2OS/c1-11-4-3-5-12(8-11)9-13-10-17-15(20-13)18-14(19)16(2)6-7-16/h3-5,8,10H,6-7,9H2,1-2H3,(H,17,18,19). The Kier molecular flexibility index (Phi) is 3.34. The third-order valence-corrected chi connectivity index (χ3v) is 4.70. The number of hydrogen-bond acceptors (Lipinski definition) is 3. The van der Waals surface area contributed by atoms with Gasteiger partial charge in [-0.3, -0.25) is 4.79 Å². The van der Waals surface area contributed by atoms with Gasteiger partial charge < -0.3 is 5.32 Å². The minimum Gasteiger partial charge on any atom is -0.301 e. The Bertz CT molecular complexity index is 643. The molecule has 0 saturated heterocycles. The van der Waals surface area contributed by atoms with E-state index in [9.17, 15) is 4.79 Å². The van der Waals surface area contributed by atoms with Gasteiger partial charge in [0.05, 0.1) is 0 Å². The number of carbonyl (C=O) groups is 1. The second kappa shape index (κ2) is 5.02. The van der Waals surface area contributed by atoms with Crippen molar-refractivity contribution < 1.29 is 4.79 Å². The number of hydrogen-bond donors (Lipinski definition) is 1. The lowest BCUT2D eigenvalue weighted by Gasteiger charge is -2.06. The van der Waals surface area contributed by atoms with Crippen LogP contribution >= 0.6 is 11.3 Å². The molecule has 3 rings (SSSR count). The van der Waals surface area contributed by atoms with E-state index < -0.39 is 0 Å². The Balaban J connectivity index is 1.66. The second-order valence-electron chi connectivity index (χ2n) is 5.81. The lowest BCUT2D eigenvalue weighted by atomic mass is 10.1. The fourth-order valence-corrected chi connectivity index (χ4v) is 2.97. The summed E-state index contributed by atoms with van der Waals surface area (Å²) >= 11 is 1.56. The van der Waals surface area contributed by atoms with Gasteiger partial charge in [0.15, 0.2) is 5.13 Å². The molecular weight excluding hydrogens is 268 g/mol. The third-order valence-electron chi connectivity index (χ3n) is 3.78. The molecule has 104 valence electrons. The van der Waals surface area contributed by atoms with Crippen molar-refractivity contribution in [1.29, 1.82) is 0 Å². The number of nitrogens with zero attached hydrogens (tertiary/aromatic N) is 1. The summed E-state index contributed by atoms with van der Waals surface area (Å²) in [6, 6.07) is 8.47. The molecule has 0 aliphatic heterocycles. The van der Waals surface area contributed by atoms with Crippen molar-refractivity contribution in [3.8, 4) is 0 Å². The summed E-state index contributed by atoms with van der Waals surface area (Å²) in [6.07, 6.45) is 4.70. The monoisotopic (exact) mass is 286 g/mol. The number of anilines is 1. The molecule has 1 heterocycles. The Labute approximate surface area is 123 Å². The minimum absolute atomic E-state index is 0.106. The van der Waals surface area contributed by atoms with Gasteiger partial charge in [-0.1, -0.05) is 36.8 Å². The van der Waals surface area contributed by atoms with E-state index in [0.717, 1.165) is 19.3 Å². The molecule has 20 heavy (non-hydrogen) atoms. The second-order valence-corrected chi connectivity index (χ2v) is 6.93. The quantitative estimate of drug-likeness (QED) is 0.929. The highest BCUT2D eigenvalue weighted by molar-refractivity contribution is 7.15. The summed E-state index contributed by atoms with van der Waals surface area (Å²) in [5.41, 5.74) is 2.39. The van der Waals surface area contributed by atoms with E-state index in [-0.39, 0.29) is 11.3 Å². The first-order valence-electron chi connectivity index (χ1n) is 6.87. The number of aromatic nitrogens is 1. The summed E-state index contributed by atoms with van der Waals surface area (Å²) in [5, 5.41) is 3.64. The van der Waals surface area contributed by atoms with Crippen molar-refractivity contribution in [2.75, 3.05) is 5.32 Å². The minimum atomic E-state index is -0.150. The normalized spacial score (nSPS) is 15.9. The molecular formula is C16H18N2OS. The molecule has 1 aliphatic rings. The maximum absolute atomic E-state index is 12.0. The van der Waals surface area contributed by atoms with E-state index in [2.05, 4.69) is 41.5 Å². The fourth-order valence-electron chi connectivity index (χ4n) is 2.13. The Morgan fingerprint density at radius 1 is 1.45 bits per heavy atom. The van der Waals surface area contributed by atoms with Gasteiger partial charge in [0.25, 0.3) is 0 Å². The molecule has 1 saturated carbocycles. The highest BCUT2D eigenvalue weighted by Crippen LogP contribution is 2.45. The largest absolute Gasteiger partial charge is 0.301 e. The summed E-state index contributed by atoms with van der Waals surface area (Å²) in [6.45, 7) is 4.10. The molecule has 1 amide bonds. The van der Waals surface area contributed by atoms with Crippen molar-refractivity contribution in [1.82, 2.24) is 4.98 Å². The van der Waals surface area contributed by atoms with Gasteiger partial charge in [-0.05, 0) is 25.3 Å². The number of carbonyl (C=O) groups excluding carboxylic acids is 1. The van der Waals surface area contributed by atoms with E-state index in [4.69, 9.17) is 0 Å². The summed E-state index contributed by atoms with van der Waals surface area (Å²) in [7, 11) is 0. The fraction of sp³-hybridized carbons (Fsp3) is 0.375. The molecule has 3 nitrogen and oxygen atoms in total. The molecule has 1 fully saturated rings. The molecule has 1 N–H and O–H groups in total. The first-order valence-corrected chi connectivity index (χ1v) is 7.68. The van der Waals surface area contributed by atoms with Gasteiger partial charge >= 0.3 is 0 Å². The Hall–Kier alpha value is -1.68. The predicted molar refractivity (Wildman–Crippen MR) is 82.1 cm³/mol. The molecule has 1 aromatic heterocycles. The molecule has 0 unspecified atom stereocenters. The van der Waals surface area contributed by atoms with E-state index in [1.807, 2.05) is 13.1 Å². The van der Waals surface area contributed by atoms with Crippen LogP contribution in [0.15, 0.2) is 30.5 Å². The molecule has 2 aromatic rings. The van der Waals surface area contributed by atoms with Crippen LogP contribution in [0.5, 0.6) is 0 Å². The first-order chi connectivity index (χ1) is 9.55. The van der Waals surface area contributed by atoms with Crippen molar-refractivity contribution in [2.24, 2.45) is 5.41 Å². The van der Waals surface area contributed by atoms with Crippen LogP contribution in [0, 0.1) is 12.3 Å². The smallest absolute Gasteiger partial charge is 0.232 e. The van der Waals surface area contributed by atoms with Crippen molar-refractivity contribution >= 4 is 22.4 Å². The van der Waals surface area contributed by atoms with Crippen LogP contribution < -0.4 is 5.32 Å². The molecule has 4 heteroatoms. The first kappa shape index (κ1) is 13.3. The van der Waals surface area contributed by atoms with Crippen LogP contribution in [-0.2, 0) is 11.2 Å². The van der Waals surface area contributed by atoms with E-state index >= 15 is 0 Å². The van der Waals surface area contributed by atoms with Crippen LogP contribution in [0.3, 0.4) is 0 Å². The number of thiazole rings is 1. The number of rotatable bonds is 4. The van der Waals surface area contributed by atoms with Gasteiger partial charge in [0.2, 0.25) is 5.91 Å². The Morgan fingerprint density at radius 2 is 2.25 bits per heavy atom. The average molecular weight is 286 g/mol. The highest BCUT2D eigenvalue weighted by Gasteiger charge is 2.45. The average Bonchev–Trinajstić information content (AvgIpc) is 3.01. The SMILES string of the molecule is Cc1cccc(Cc2cnc(NC(=O)C3(C)CC3)s2)c1. The van der Waals surface area contributed by atoms with Crippen molar-refractivity contribution in [2.45, 2.75) is 33.1 Å². The third kappa shape index (κ3) is 2.90. The molecule has 0 spiro atoms. The van der Waals surface area contributed by atoms with Gasteiger partial charge in [0.1, 0.15) is 0 Å². The van der Waals surface area contributed by atoms with Gasteiger partial charge in [-0.25, -0.2) is 4.98 Å². The highest BCUT2D eigenvalue weighted by atomic mass is 32.1. The number of nitrogens with one attached hydrogen (secondary N) is 1. The van der Waals surface area contributed by atoms with Crippen LogP contribution in [0.4, 0.5) is 5.13 Å². The van der Waals surface area contributed by atoms with Crippen molar-refractivity contribution in [3.05, 3.63) is 46.5 Å². The summed E-state index contributed by atoms with van der Waals surface area (Å²) < 4.78 is 0. The maximum Gasteiger partial charge on any atom is 0.232 e. The van der Waals surface area contributed by atoms with Gasteiger partial charge in [-0.2, -0.15) is 0 Å². The molecule has 0 radical (unpaired) electrons. The lowest BCUT2D eigenvalue weighted by Crippen LogP contribution is -2.21. The van der Waals surface area contributed by atoms with Crippen LogP contribution in [0.1, 0.15) is 35.8 Å². The molecule has 0 bridgehead atoms. The zero-order valence-corrected chi connectivity index (χ0v) is 12.6. The molecule has 0 atom stereocenters. The zero-order valence-electron chi connectivity index (χ0n) is 11.8. The predicted octanol–water partition coefficient (Wildman–Crippen LogP) is 3.78. The Morgan fingerprint density at radius 3 is 2.95 bits per heavy atom. The maximum atomic E-state index is 12.0. The molecule has 1 aromatic carbocycles. The molecule has 1 aliphatic carbocycles. The van der Waals surface area contributed by atoms with Crippen LogP contribution in [0.2, 0.25) is 0 Å². The zero-order chi connectivity index (χ0) is 14.2. The van der Waals surface area contributed by atoms with Gasteiger partial charge in [-0.15, -0.1) is 11.3 Å². The lowest BCUT2D eigenvalue weighted by molar-refractivity contribution is -0.120. The number of amides is 1.